The summed E-state index contributed by atoms with van der Waals surface area (Å²) in [4.78, 5) is 26.2. The van der Waals surface area contributed by atoms with Crippen molar-refractivity contribution >= 4 is 17.5 Å². The van der Waals surface area contributed by atoms with Gasteiger partial charge in [-0.2, -0.15) is 0 Å². The van der Waals surface area contributed by atoms with Crippen LogP contribution in [0.25, 0.3) is 0 Å². The van der Waals surface area contributed by atoms with Gasteiger partial charge in [0.25, 0.3) is 0 Å². The smallest absolute Gasteiger partial charge is 0.238 e. The van der Waals surface area contributed by atoms with Crippen LogP contribution in [0.2, 0.25) is 0 Å². The summed E-state index contributed by atoms with van der Waals surface area (Å²) in [5, 5.41) is 5.89. The number of carbonyl (C=O) groups excluding carboxylic acids is 2. The minimum Gasteiger partial charge on any atom is -0.348 e. The summed E-state index contributed by atoms with van der Waals surface area (Å²) in [5.74, 6) is -0.229. The van der Waals surface area contributed by atoms with Gasteiger partial charge in [0.1, 0.15) is 0 Å². The molecule has 0 bridgehead atoms. The fraction of sp³-hybridized carbons (Fsp3) is 0.364. The van der Waals surface area contributed by atoms with Gasteiger partial charge in [-0.05, 0) is 45.0 Å². The number of hydrogen-bond donors (Lipinski definition) is 2. The van der Waals surface area contributed by atoms with E-state index < -0.39 is 0 Å². The molecular weight excluding hydrogens is 338 g/mol. The van der Waals surface area contributed by atoms with E-state index in [-0.39, 0.29) is 30.9 Å². The van der Waals surface area contributed by atoms with Crippen LogP contribution in [0.4, 0.5) is 5.69 Å². The second kappa shape index (κ2) is 9.88. The van der Waals surface area contributed by atoms with Gasteiger partial charge in [0.15, 0.2) is 0 Å². The predicted molar refractivity (Wildman–Crippen MR) is 110 cm³/mol. The molecule has 0 radical (unpaired) electrons. The molecule has 1 atom stereocenters. The van der Waals surface area contributed by atoms with Gasteiger partial charge in [-0.3, -0.25) is 14.5 Å². The van der Waals surface area contributed by atoms with Crippen LogP contribution in [0.5, 0.6) is 0 Å². The Labute approximate surface area is 161 Å². The molecule has 0 heterocycles. The van der Waals surface area contributed by atoms with Crippen LogP contribution in [0.3, 0.4) is 0 Å². The molecule has 0 aliphatic carbocycles. The number of nitrogens with one attached hydrogen (secondary N) is 2. The zero-order valence-corrected chi connectivity index (χ0v) is 16.6. The van der Waals surface area contributed by atoms with Crippen LogP contribution in [-0.4, -0.2) is 36.9 Å². The summed E-state index contributed by atoms with van der Waals surface area (Å²) in [7, 11) is 1.77. The summed E-state index contributed by atoms with van der Waals surface area (Å²) in [6.45, 7) is 6.41. The Kier molecular flexibility index (Phi) is 7.55. The molecule has 5 nitrogen and oxygen atoms in total. The molecular formula is C22H29N3O2. The second-order valence-corrected chi connectivity index (χ2v) is 7.03. The SMILES string of the molecule is CC[C@@H](NC(=O)CN(C)CC(=O)Nc1ccc(C)cc1)c1ccc(C)cc1. The van der Waals surface area contributed by atoms with E-state index in [4.69, 9.17) is 0 Å². The molecule has 0 aliphatic rings. The molecule has 0 saturated carbocycles. The molecule has 5 heteroatoms. The van der Waals surface area contributed by atoms with Crippen molar-refractivity contribution in [1.29, 1.82) is 0 Å². The molecule has 2 amide bonds. The Morgan fingerprint density at radius 2 is 1.41 bits per heavy atom. The number of nitrogens with zero attached hydrogens (tertiary/aromatic N) is 1. The number of rotatable bonds is 8. The van der Waals surface area contributed by atoms with Gasteiger partial charge in [0.2, 0.25) is 11.8 Å². The first kappa shape index (κ1) is 20.6. The molecule has 0 saturated heterocycles. The third-order valence-corrected chi connectivity index (χ3v) is 4.39. The van der Waals surface area contributed by atoms with E-state index >= 15 is 0 Å². The van der Waals surface area contributed by atoms with E-state index in [1.54, 1.807) is 11.9 Å². The topological polar surface area (TPSA) is 61.4 Å². The third kappa shape index (κ3) is 6.87. The Bertz CT molecular complexity index is 754. The van der Waals surface area contributed by atoms with Gasteiger partial charge in [-0.25, -0.2) is 0 Å². The van der Waals surface area contributed by atoms with E-state index in [0.717, 1.165) is 23.2 Å². The first-order chi connectivity index (χ1) is 12.9. The molecule has 144 valence electrons. The van der Waals surface area contributed by atoms with Crippen molar-refractivity contribution in [3.8, 4) is 0 Å². The summed E-state index contributed by atoms with van der Waals surface area (Å²) in [6, 6.07) is 15.8. The van der Waals surface area contributed by atoms with Crippen molar-refractivity contribution in [3.05, 3.63) is 65.2 Å². The van der Waals surface area contributed by atoms with E-state index in [0.29, 0.717) is 0 Å². The first-order valence-corrected chi connectivity index (χ1v) is 9.28. The van der Waals surface area contributed by atoms with Crippen molar-refractivity contribution in [2.75, 3.05) is 25.5 Å². The molecule has 2 aromatic rings. The minimum absolute atomic E-state index is 0.0205. The number of aryl methyl sites for hydroxylation is 2. The average Bonchev–Trinajstić information content (AvgIpc) is 2.62. The Morgan fingerprint density at radius 1 is 0.889 bits per heavy atom. The monoisotopic (exact) mass is 367 g/mol. The maximum Gasteiger partial charge on any atom is 0.238 e. The molecule has 27 heavy (non-hydrogen) atoms. The van der Waals surface area contributed by atoms with Crippen LogP contribution >= 0.6 is 0 Å². The van der Waals surface area contributed by atoms with E-state index in [1.165, 1.54) is 5.56 Å². The fourth-order valence-corrected chi connectivity index (χ4v) is 2.84. The maximum absolute atomic E-state index is 12.4. The van der Waals surface area contributed by atoms with E-state index in [1.807, 2.05) is 69.3 Å². The summed E-state index contributed by atoms with van der Waals surface area (Å²) < 4.78 is 0. The maximum atomic E-state index is 12.4. The molecule has 0 spiro atoms. The quantitative estimate of drug-likeness (QED) is 0.751. The fourth-order valence-electron chi connectivity index (χ4n) is 2.84. The number of anilines is 1. The van der Waals surface area contributed by atoms with Crippen molar-refractivity contribution in [2.24, 2.45) is 0 Å². The van der Waals surface area contributed by atoms with Gasteiger partial charge in [-0.15, -0.1) is 0 Å². The van der Waals surface area contributed by atoms with Crippen molar-refractivity contribution in [1.82, 2.24) is 10.2 Å². The zero-order valence-electron chi connectivity index (χ0n) is 16.6. The molecule has 2 rings (SSSR count). The van der Waals surface area contributed by atoms with Crippen molar-refractivity contribution < 1.29 is 9.59 Å². The van der Waals surface area contributed by atoms with Crippen LogP contribution in [0.1, 0.15) is 36.1 Å². The standard InChI is InChI=1S/C22H29N3O2/c1-5-20(18-10-6-16(2)7-11-18)24-22(27)15-25(4)14-21(26)23-19-12-8-17(3)9-13-19/h6-13,20H,5,14-15H2,1-4H3,(H,23,26)(H,24,27)/t20-/m1/s1. The summed E-state index contributed by atoms with van der Waals surface area (Å²) >= 11 is 0. The van der Waals surface area contributed by atoms with E-state index in [9.17, 15) is 9.59 Å². The van der Waals surface area contributed by atoms with Gasteiger partial charge in [-0.1, -0.05) is 54.4 Å². The Morgan fingerprint density at radius 3 is 1.96 bits per heavy atom. The van der Waals surface area contributed by atoms with Crippen LogP contribution in [0.15, 0.2) is 48.5 Å². The second-order valence-electron chi connectivity index (χ2n) is 7.03. The molecule has 0 unspecified atom stereocenters. The number of amides is 2. The van der Waals surface area contributed by atoms with Crippen molar-refractivity contribution in [2.45, 2.75) is 33.2 Å². The zero-order chi connectivity index (χ0) is 19.8. The minimum atomic E-state index is -0.139. The van der Waals surface area contributed by atoms with Crippen LogP contribution in [-0.2, 0) is 9.59 Å². The summed E-state index contributed by atoms with van der Waals surface area (Å²) in [5.41, 5.74) is 4.19. The molecule has 2 N–H and O–H groups in total. The highest BCUT2D eigenvalue weighted by Crippen LogP contribution is 2.17. The van der Waals surface area contributed by atoms with Gasteiger partial charge >= 0.3 is 0 Å². The number of benzene rings is 2. The molecule has 0 aromatic heterocycles. The molecule has 0 aliphatic heterocycles. The number of likely N-dealkylation sites (N-methyl/N-ethyl adjacent to an activating group) is 1. The lowest BCUT2D eigenvalue weighted by Crippen LogP contribution is -2.40. The lowest BCUT2D eigenvalue weighted by Gasteiger charge is -2.21. The predicted octanol–water partition coefficient (Wildman–Crippen LogP) is 3.44. The molecule has 2 aromatic carbocycles. The van der Waals surface area contributed by atoms with Gasteiger partial charge in [0, 0.05) is 5.69 Å². The highest BCUT2D eigenvalue weighted by Gasteiger charge is 2.15. The van der Waals surface area contributed by atoms with Crippen LogP contribution in [0, 0.1) is 13.8 Å². The van der Waals surface area contributed by atoms with Crippen molar-refractivity contribution in [3.63, 3.8) is 0 Å². The Hall–Kier alpha value is -2.66. The van der Waals surface area contributed by atoms with E-state index in [2.05, 4.69) is 10.6 Å². The van der Waals surface area contributed by atoms with Gasteiger partial charge < -0.3 is 10.6 Å². The normalized spacial score (nSPS) is 11.9. The van der Waals surface area contributed by atoms with Crippen LogP contribution < -0.4 is 10.6 Å². The summed E-state index contributed by atoms with van der Waals surface area (Å²) in [6.07, 6.45) is 0.812. The average molecular weight is 367 g/mol. The van der Waals surface area contributed by atoms with Gasteiger partial charge in [0.05, 0.1) is 19.1 Å². The third-order valence-electron chi connectivity index (χ3n) is 4.39. The number of hydrogen-bond acceptors (Lipinski definition) is 3. The lowest BCUT2D eigenvalue weighted by molar-refractivity contribution is -0.123. The Balaban J connectivity index is 1.82. The first-order valence-electron chi connectivity index (χ1n) is 9.28. The lowest BCUT2D eigenvalue weighted by atomic mass is 10.0. The highest BCUT2D eigenvalue weighted by atomic mass is 16.2. The molecule has 0 fully saturated rings. The number of carbonyl (C=O) groups is 2. The highest BCUT2D eigenvalue weighted by molar-refractivity contribution is 5.92. The largest absolute Gasteiger partial charge is 0.348 e.